The molecule has 1 aromatic carbocycles. The summed E-state index contributed by atoms with van der Waals surface area (Å²) in [6.45, 7) is 6.59. The average Bonchev–Trinajstić information content (AvgIpc) is 2.19. The zero-order valence-corrected chi connectivity index (χ0v) is 9.20. The van der Waals surface area contributed by atoms with Crippen LogP contribution in [-0.2, 0) is 4.74 Å². The summed E-state index contributed by atoms with van der Waals surface area (Å²) in [5.74, 6) is 0. The van der Waals surface area contributed by atoms with Crippen molar-refractivity contribution in [3.05, 3.63) is 29.8 Å². The topological polar surface area (TPSA) is 24.5 Å². The van der Waals surface area contributed by atoms with Gasteiger partial charge in [-0.3, -0.25) is 5.32 Å². The minimum absolute atomic E-state index is 0.682. The highest BCUT2D eigenvalue weighted by Gasteiger charge is 2.07. The molecule has 0 aromatic heterocycles. The van der Waals surface area contributed by atoms with Crippen molar-refractivity contribution < 1.29 is 4.74 Å². The van der Waals surface area contributed by atoms with Gasteiger partial charge >= 0.3 is 0 Å². The van der Waals surface area contributed by atoms with E-state index >= 15 is 0 Å². The zero-order valence-electron chi connectivity index (χ0n) is 9.20. The molecule has 1 N–H and O–H groups in total. The van der Waals surface area contributed by atoms with Gasteiger partial charge in [-0.15, -0.1) is 0 Å². The molecule has 0 atom stereocenters. The summed E-state index contributed by atoms with van der Waals surface area (Å²) >= 11 is 0. The van der Waals surface area contributed by atoms with Crippen molar-refractivity contribution in [1.82, 2.24) is 5.32 Å². The third-order valence-corrected chi connectivity index (χ3v) is 2.67. The quantitative estimate of drug-likeness (QED) is 0.751. The zero-order chi connectivity index (χ0) is 10.5. The van der Waals surface area contributed by atoms with Gasteiger partial charge in [-0.2, -0.15) is 0 Å². The van der Waals surface area contributed by atoms with E-state index in [1.807, 2.05) is 0 Å². The molecule has 3 heteroatoms. The van der Waals surface area contributed by atoms with E-state index in [4.69, 9.17) is 4.74 Å². The summed E-state index contributed by atoms with van der Waals surface area (Å²) in [7, 11) is 0. The van der Waals surface area contributed by atoms with Crippen LogP contribution in [0.15, 0.2) is 24.3 Å². The van der Waals surface area contributed by atoms with Crippen LogP contribution in [0.25, 0.3) is 0 Å². The Kier molecular flexibility index (Phi) is 3.59. The first-order chi connectivity index (χ1) is 7.36. The maximum Gasteiger partial charge on any atom is 0.0966 e. The van der Waals surface area contributed by atoms with E-state index in [1.165, 1.54) is 11.3 Å². The Morgan fingerprint density at radius 2 is 2.00 bits per heavy atom. The largest absolute Gasteiger partial charge is 0.368 e. The molecule has 0 unspecified atom stereocenters. The van der Waals surface area contributed by atoms with Crippen LogP contribution in [0.2, 0.25) is 0 Å². The number of anilines is 1. The number of nitrogens with one attached hydrogen (secondary N) is 1. The fourth-order valence-electron chi connectivity index (χ4n) is 1.73. The van der Waals surface area contributed by atoms with Gasteiger partial charge in [0, 0.05) is 25.3 Å². The Balaban J connectivity index is 2.03. The first kappa shape index (κ1) is 10.5. The Labute approximate surface area is 91.0 Å². The molecule has 82 valence electrons. The van der Waals surface area contributed by atoms with Gasteiger partial charge < -0.3 is 9.64 Å². The lowest BCUT2D eigenvalue weighted by Crippen LogP contribution is -2.38. The maximum atomic E-state index is 5.40. The summed E-state index contributed by atoms with van der Waals surface area (Å²) in [6, 6.07) is 8.67. The molecule has 1 saturated heterocycles. The van der Waals surface area contributed by atoms with Gasteiger partial charge in [0.15, 0.2) is 0 Å². The molecule has 3 nitrogen and oxygen atoms in total. The van der Waals surface area contributed by atoms with Crippen LogP contribution in [0.3, 0.4) is 0 Å². The van der Waals surface area contributed by atoms with Gasteiger partial charge in [0.2, 0.25) is 0 Å². The van der Waals surface area contributed by atoms with Crippen molar-refractivity contribution in [3.63, 3.8) is 0 Å². The van der Waals surface area contributed by atoms with Crippen molar-refractivity contribution in [2.24, 2.45) is 0 Å². The Morgan fingerprint density at radius 1 is 1.20 bits per heavy atom. The van der Waals surface area contributed by atoms with Gasteiger partial charge in [-0.1, -0.05) is 17.7 Å². The van der Waals surface area contributed by atoms with Crippen molar-refractivity contribution in [2.75, 3.05) is 37.9 Å². The Hall–Kier alpha value is -1.06. The number of hydrogen-bond acceptors (Lipinski definition) is 3. The Bertz CT molecular complexity index is 289. The molecular formula is C12H18N2O. The van der Waals surface area contributed by atoms with Crippen LogP contribution in [0, 0.1) is 6.92 Å². The highest BCUT2D eigenvalue weighted by Crippen LogP contribution is 2.14. The van der Waals surface area contributed by atoms with Crippen LogP contribution < -0.4 is 10.2 Å². The van der Waals surface area contributed by atoms with Crippen LogP contribution >= 0.6 is 0 Å². The highest BCUT2D eigenvalue weighted by molar-refractivity contribution is 5.47. The summed E-state index contributed by atoms with van der Waals surface area (Å²) in [5, 5.41) is 3.23. The number of hydrogen-bond donors (Lipinski definition) is 1. The van der Waals surface area contributed by atoms with Crippen LogP contribution in [0.4, 0.5) is 5.69 Å². The molecule has 0 bridgehead atoms. The van der Waals surface area contributed by atoms with Gasteiger partial charge in [0.05, 0.1) is 13.3 Å². The van der Waals surface area contributed by atoms with Crippen molar-refractivity contribution >= 4 is 5.69 Å². The lowest BCUT2D eigenvalue weighted by atomic mass is 10.2. The molecule has 1 aromatic rings. The maximum absolute atomic E-state index is 5.40. The minimum Gasteiger partial charge on any atom is -0.368 e. The second-order valence-corrected chi connectivity index (χ2v) is 3.88. The third-order valence-electron chi connectivity index (χ3n) is 2.67. The summed E-state index contributed by atoms with van der Waals surface area (Å²) in [6.07, 6.45) is 0. The van der Waals surface area contributed by atoms with E-state index in [-0.39, 0.29) is 0 Å². The van der Waals surface area contributed by atoms with E-state index in [0.29, 0.717) is 6.73 Å². The summed E-state index contributed by atoms with van der Waals surface area (Å²) in [4.78, 5) is 2.35. The van der Waals surface area contributed by atoms with Crippen LogP contribution in [0.5, 0.6) is 0 Å². The highest BCUT2D eigenvalue weighted by atomic mass is 16.5. The molecule has 0 radical (unpaired) electrons. The van der Waals surface area contributed by atoms with E-state index in [0.717, 1.165) is 26.2 Å². The van der Waals surface area contributed by atoms with Gasteiger partial charge in [0.25, 0.3) is 0 Å². The number of rotatable bonds is 1. The third kappa shape index (κ3) is 2.94. The van der Waals surface area contributed by atoms with Gasteiger partial charge in [-0.25, -0.2) is 0 Å². The Morgan fingerprint density at radius 3 is 2.80 bits per heavy atom. The lowest BCUT2D eigenvalue weighted by molar-refractivity contribution is 0.116. The summed E-state index contributed by atoms with van der Waals surface area (Å²) < 4.78 is 5.40. The second-order valence-electron chi connectivity index (χ2n) is 3.88. The number of ether oxygens (including phenoxy) is 1. The molecular weight excluding hydrogens is 188 g/mol. The van der Waals surface area contributed by atoms with Crippen molar-refractivity contribution in [1.29, 1.82) is 0 Å². The predicted octanol–water partition coefficient (Wildman–Crippen LogP) is 1.38. The molecule has 1 aliphatic heterocycles. The van der Waals surface area contributed by atoms with Crippen molar-refractivity contribution in [3.8, 4) is 0 Å². The number of benzene rings is 1. The van der Waals surface area contributed by atoms with E-state index in [9.17, 15) is 0 Å². The van der Waals surface area contributed by atoms with Gasteiger partial charge in [-0.05, 0) is 19.1 Å². The first-order valence-electron chi connectivity index (χ1n) is 5.46. The van der Waals surface area contributed by atoms with Crippen molar-refractivity contribution in [2.45, 2.75) is 6.92 Å². The fourth-order valence-corrected chi connectivity index (χ4v) is 1.73. The number of aryl methyl sites for hydroxylation is 1. The SMILES string of the molecule is Cc1ccc(N2CCNCOCC2)cc1. The summed E-state index contributed by atoms with van der Waals surface area (Å²) in [5.41, 5.74) is 2.59. The minimum atomic E-state index is 0.682. The second kappa shape index (κ2) is 5.14. The first-order valence-corrected chi connectivity index (χ1v) is 5.46. The van der Waals surface area contributed by atoms with E-state index in [2.05, 4.69) is 41.4 Å². The smallest absolute Gasteiger partial charge is 0.0966 e. The van der Waals surface area contributed by atoms with Gasteiger partial charge in [0.1, 0.15) is 0 Å². The predicted molar refractivity (Wildman–Crippen MR) is 62.2 cm³/mol. The van der Waals surface area contributed by atoms with E-state index < -0.39 is 0 Å². The molecule has 0 amide bonds. The van der Waals surface area contributed by atoms with Crippen LogP contribution in [0.1, 0.15) is 5.56 Å². The lowest BCUT2D eigenvalue weighted by Gasteiger charge is -2.27. The molecule has 0 spiro atoms. The van der Waals surface area contributed by atoms with E-state index in [1.54, 1.807) is 0 Å². The molecule has 1 heterocycles. The molecule has 0 aliphatic carbocycles. The molecule has 1 fully saturated rings. The fraction of sp³-hybridized carbons (Fsp3) is 0.500. The molecule has 0 saturated carbocycles. The standard InChI is InChI=1S/C12H18N2O/c1-11-2-4-12(5-3-11)14-7-6-13-10-15-9-8-14/h2-5,13H,6-10H2,1H3. The normalized spacial score (nSPS) is 18.3. The number of nitrogens with zero attached hydrogens (tertiary/aromatic N) is 1. The molecule has 2 rings (SSSR count). The molecule has 15 heavy (non-hydrogen) atoms. The monoisotopic (exact) mass is 206 g/mol. The average molecular weight is 206 g/mol. The van der Waals surface area contributed by atoms with Crippen LogP contribution in [-0.4, -0.2) is 33.0 Å². The molecule has 1 aliphatic rings.